The Hall–Kier alpha value is -1.14. The minimum Gasteiger partial charge on any atom is -0.476 e. The van der Waals surface area contributed by atoms with Gasteiger partial charge in [0, 0.05) is 4.90 Å². The van der Waals surface area contributed by atoms with Crippen LogP contribution in [0.25, 0.3) is 0 Å². The maximum absolute atomic E-state index is 8.69. The van der Waals surface area contributed by atoms with E-state index in [1.807, 2.05) is 23.9 Å². The molecule has 1 aromatic rings. The first-order valence-electron chi connectivity index (χ1n) is 7.55. The highest BCUT2D eigenvalue weighted by molar-refractivity contribution is 7.99. The molecule has 1 atom stereocenters. The first-order valence-corrected chi connectivity index (χ1v) is 8.54. The number of unbranched alkanes of at least 4 members (excludes halogenated alkanes) is 5. The molecule has 1 rings (SSSR count). The highest BCUT2D eigenvalue weighted by atomic mass is 32.2. The zero-order valence-electron chi connectivity index (χ0n) is 12.6. The van der Waals surface area contributed by atoms with Crippen LogP contribution in [0.3, 0.4) is 0 Å². The summed E-state index contributed by atoms with van der Waals surface area (Å²) < 4.78 is 5.43. The fourth-order valence-electron chi connectivity index (χ4n) is 1.92. The Morgan fingerprint density at radius 2 is 1.75 bits per heavy atom. The summed E-state index contributed by atoms with van der Waals surface area (Å²) >= 11 is 1.90. The van der Waals surface area contributed by atoms with Gasteiger partial charge in [0.1, 0.15) is 11.8 Å². The van der Waals surface area contributed by atoms with Crippen LogP contribution in [0, 0.1) is 11.3 Å². The highest BCUT2D eigenvalue weighted by Crippen LogP contribution is 2.23. The number of nitriles is 1. The van der Waals surface area contributed by atoms with E-state index in [0.29, 0.717) is 0 Å². The van der Waals surface area contributed by atoms with E-state index in [4.69, 9.17) is 10.00 Å². The molecule has 0 aromatic heterocycles. The quantitative estimate of drug-likeness (QED) is 0.425. The third-order valence-electron chi connectivity index (χ3n) is 3.09. The molecule has 110 valence electrons. The summed E-state index contributed by atoms with van der Waals surface area (Å²) in [6, 6.07) is 10.1. The van der Waals surface area contributed by atoms with Crippen LogP contribution in [0.4, 0.5) is 0 Å². The number of thioether (sulfide) groups is 1. The lowest BCUT2D eigenvalue weighted by atomic mass is 10.1. The van der Waals surface area contributed by atoms with Gasteiger partial charge in [-0.1, -0.05) is 39.0 Å². The Morgan fingerprint density at radius 1 is 1.10 bits per heavy atom. The largest absolute Gasteiger partial charge is 0.476 e. The fraction of sp³-hybridized carbons (Fsp3) is 0.588. The van der Waals surface area contributed by atoms with E-state index in [-0.39, 0.29) is 0 Å². The topological polar surface area (TPSA) is 33.0 Å². The van der Waals surface area contributed by atoms with Crippen molar-refractivity contribution in [3.05, 3.63) is 24.3 Å². The minimum absolute atomic E-state index is 0.392. The summed E-state index contributed by atoms with van der Waals surface area (Å²) in [4.78, 5) is 1.27. The van der Waals surface area contributed by atoms with Crippen LogP contribution in [0.1, 0.15) is 52.4 Å². The minimum atomic E-state index is -0.392. The normalized spacial score (nSPS) is 11.8. The van der Waals surface area contributed by atoms with E-state index < -0.39 is 6.10 Å². The van der Waals surface area contributed by atoms with E-state index in [1.165, 1.54) is 49.2 Å². The van der Waals surface area contributed by atoms with Gasteiger partial charge in [-0.2, -0.15) is 5.26 Å². The molecule has 0 spiro atoms. The summed E-state index contributed by atoms with van der Waals surface area (Å²) in [6.07, 6.45) is 7.67. The lowest BCUT2D eigenvalue weighted by molar-refractivity contribution is 0.276. The van der Waals surface area contributed by atoms with E-state index in [1.54, 1.807) is 6.92 Å². The van der Waals surface area contributed by atoms with E-state index in [9.17, 15) is 0 Å². The highest BCUT2D eigenvalue weighted by Gasteiger charge is 2.01. The van der Waals surface area contributed by atoms with Crippen LogP contribution in [-0.4, -0.2) is 11.9 Å². The molecule has 0 bridgehead atoms. The van der Waals surface area contributed by atoms with Crippen molar-refractivity contribution in [2.45, 2.75) is 63.4 Å². The van der Waals surface area contributed by atoms with Crippen LogP contribution in [0.15, 0.2) is 29.2 Å². The summed E-state index contributed by atoms with van der Waals surface area (Å²) in [5.41, 5.74) is 0. The Morgan fingerprint density at radius 3 is 2.40 bits per heavy atom. The van der Waals surface area contributed by atoms with Gasteiger partial charge in [0.05, 0.1) is 0 Å². The van der Waals surface area contributed by atoms with Gasteiger partial charge in [-0.05, 0) is 43.4 Å². The molecule has 2 nitrogen and oxygen atoms in total. The first-order chi connectivity index (χ1) is 9.76. The number of hydrogen-bond donors (Lipinski definition) is 0. The standard InChI is InChI=1S/C17H25NOS/c1-3-4-5-6-7-8-13-20-17-11-9-16(10-12-17)19-15(2)14-18/h9-12,15H,3-8,13H2,1-2H3/t15-/m1/s1. The Bertz CT molecular complexity index is 396. The van der Waals surface area contributed by atoms with Crippen LogP contribution < -0.4 is 4.74 Å². The van der Waals surface area contributed by atoms with Crippen molar-refractivity contribution in [2.75, 3.05) is 5.75 Å². The maximum atomic E-state index is 8.69. The fourth-order valence-corrected chi connectivity index (χ4v) is 2.83. The van der Waals surface area contributed by atoms with E-state index in [0.717, 1.165) is 5.75 Å². The van der Waals surface area contributed by atoms with Crippen molar-refractivity contribution in [1.29, 1.82) is 5.26 Å². The molecule has 0 aliphatic rings. The van der Waals surface area contributed by atoms with Crippen molar-refractivity contribution in [3.63, 3.8) is 0 Å². The Kier molecular flexibility index (Phi) is 8.98. The second-order valence-electron chi connectivity index (χ2n) is 4.98. The Balaban J connectivity index is 2.17. The van der Waals surface area contributed by atoms with E-state index >= 15 is 0 Å². The van der Waals surface area contributed by atoms with Crippen molar-refractivity contribution in [2.24, 2.45) is 0 Å². The second-order valence-corrected chi connectivity index (χ2v) is 6.15. The summed E-state index contributed by atoms with van der Waals surface area (Å²) in [6.45, 7) is 4.00. The molecule has 1 aromatic carbocycles. The van der Waals surface area contributed by atoms with Gasteiger partial charge < -0.3 is 4.74 Å². The predicted octanol–water partition coefficient (Wildman–Crippen LogP) is 5.43. The number of nitrogens with zero attached hydrogens (tertiary/aromatic N) is 1. The lowest BCUT2D eigenvalue weighted by Crippen LogP contribution is -2.07. The molecule has 0 unspecified atom stereocenters. The maximum Gasteiger partial charge on any atom is 0.181 e. The molecule has 3 heteroatoms. The zero-order valence-corrected chi connectivity index (χ0v) is 13.4. The Labute approximate surface area is 127 Å². The average molecular weight is 291 g/mol. The van der Waals surface area contributed by atoms with E-state index in [2.05, 4.69) is 25.1 Å². The molecule has 20 heavy (non-hydrogen) atoms. The average Bonchev–Trinajstić information content (AvgIpc) is 2.48. The number of benzene rings is 1. The predicted molar refractivity (Wildman–Crippen MR) is 86.2 cm³/mol. The molecule has 0 aliphatic heterocycles. The molecule has 0 saturated heterocycles. The van der Waals surface area contributed by atoms with Crippen LogP contribution in [0.5, 0.6) is 5.75 Å². The van der Waals surface area contributed by atoms with Crippen molar-refractivity contribution in [1.82, 2.24) is 0 Å². The summed E-state index contributed by atoms with van der Waals surface area (Å²) in [5, 5.41) is 8.69. The molecule has 0 aliphatic carbocycles. The molecule has 0 saturated carbocycles. The van der Waals surface area contributed by atoms with Crippen molar-refractivity contribution in [3.8, 4) is 11.8 Å². The smallest absolute Gasteiger partial charge is 0.181 e. The van der Waals surface area contributed by atoms with Gasteiger partial charge in [-0.15, -0.1) is 11.8 Å². The molecular weight excluding hydrogens is 266 g/mol. The van der Waals surface area contributed by atoms with Crippen LogP contribution >= 0.6 is 11.8 Å². The van der Waals surface area contributed by atoms with Crippen LogP contribution in [-0.2, 0) is 0 Å². The SMILES string of the molecule is CCCCCCCCSc1ccc(O[C@H](C)C#N)cc1. The molecular formula is C17H25NOS. The molecule has 0 amide bonds. The molecule has 0 N–H and O–H groups in total. The molecule has 0 fully saturated rings. The third-order valence-corrected chi connectivity index (χ3v) is 4.18. The van der Waals surface area contributed by atoms with Gasteiger partial charge in [0.15, 0.2) is 6.10 Å². The van der Waals surface area contributed by atoms with Gasteiger partial charge in [-0.3, -0.25) is 0 Å². The molecule has 0 heterocycles. The van der Waals surface area contributed by atoms with Gasteiger partial charge in [-0.25, -0.2) is 0 Å². The number of rotatable bonds is 10. The zero-order chi connectivity index (χ0) is 14.6. The second kappa shape index (κ2) is 10.6. The van der Waals surface area contributed by atoms with Gasteiger partial charge >= 0.3 is 0 Å². The summed E-state index contributed by atoms with van der Waals surface area (Å²) in [5.74, 6) is 1.95. The first kappa shape index (κ1) is 16.9. The van der Waals surface area contributed by atoms with Crippen molar-refractivity contribution >= 4 is 11.8 Å². The molecule has 0 radical (unpaired) electrons. The van der Waals surface area contributed by atoms with Gasteiger partial charge in [0.2, 0.25) is 0 Å². The monoisotopic (exact) mass is 291 g/mol. The van der Waals surface area contributed by atoms with Gasteiger partial charge in [0.25, 0.3) is 0 Å². The number of ether oxygens (including phenoxy) is 1. The third kappa shape index (κ3) is 7.45. The number of hydrogen-bond acceptors (Lipinski definition) is 3. The van der Waals surface area contributed by atoms with Crippen LogP contribution in [0.2, 0.25) is 0 Å². The summed E-state index contributed by atoms with van der Waals surface area (Å²) in [7, 11) is 0. The van der Waals surface area contributed by atoms with Crippen molar-refractivity contribution < 1.29 is 4.74 Å². The lowest BCUT2D eigenvalue weighted by Gasteiger charge is -2.08.